The number of carbonyl (C=O) groups excluding carboxylic acids is 1. The average Bonchev–Trinajstić information content (AvgIpc) is 2.22. The molecule has 0 saturated heterocycles. The number of rotatable bonds is 5. The van der Waals surface area contributed by atoms with Gasteiger partial charge in [-0.3, -0.25) is 4.79 Å². The fourth-order valence-electron chi connectivity index (χ4n) is 1.70. The zero-order chi connectivity index (χ0) is 12.1. The number of ketones is 1. The molecule has 1 aromatic carbocycles. The molecule has 0 bridgehead atoms. The lowest BCUT2D eigenvalue weighted by molar-refractivity contribution is 0.0962. The first-order valence-electron chi connectivity index (χ1n) is 5.52. The Morgan fingerprint density at radius 3 is 2.75 bits per heavy atom. The summed E-state index contributed by atoms with van der Waals surface area (Å²) in [7, 11) is 0. The standard InChI is InChI=1S/C13H16BrFO/c1-3-4-9(2)7-13(16)10-5-6-11(14)12(15)8-10/h5-6,8-9H,3-4,7H2,1-2H3. The van der Waals surface area contributed by atoms with Crippen LogP contribution in [0.4, 0.5) is 4.39 Å². The van der Waals surface area contributed by atoms with Crippen LogP contribution in [0.25, 0.3) is 0 Å². The van der Waals surface area contributed by atoms with Crippen LogP contribution in [0, 0.1) is 11.7 Å². The van der Waals surface area contributed by atoms with Crippen LogP contribution in [0.5, 0.6) is 0 Å². The lowest BCUT2D eigenvalue weighted by Gasteiger charge is -2.09. The van der Waals surface area contributed by atoms with Crippen molar-refractivity contribution < 1.29 is 9.18 Å². The summed E-state index contributed by atoms with van der Waals surface area (Å²) in [5.41, 5.74) is 0.462. The van der Waals surface area contributed by atoms with Gasteiger partial charge in [-0.15, -0.1) is 0 Å². The summed E-state index contributed by atoms with van der Waals surface area (Å²) in [5, 5.41) is 0. The van der Waals surface area contributed by atoms with Crippen molar-refractivity contribution in [2.24, 2.45) is 5.92 Å². The van der Waals surface area contributed by atoms with E-state index in [0.29, 0.717) is 22.4 Å². The van der Waals surface area contributed by atoms with E-state index < -0.39 is 0 Å². The van der Waals surface area contributed by atoms with Crippen molar-refractivity contribution in [2.75, 3.05) is 0 Å². The van der Waals surface area contributed by atoms with Gasteiger partial charge in [0.05, 0.1) is 4.47 Å². The van der Waals surface area contributed by atoms with Gasteiger partial charge in [0.15, 0.2) is 5.78 Å². The highest BCUT2D eigenvalue weighted by Crippen LogP contribution is 2.19. The van der Waals surface area contributed by atoms with E-state index in [1.807, 2.05) is 0 Å². The van der Waals surface area contributed by atoms with E-state index in [4.69, 9.17) is 0 Å². The summed E-state index contributed by atoms with van der Waals surface area (Å²) < 4.78 is 13.6. The van der Waals surface area contributed by atoms with E-state index in [9.17, 15) is 9.18 Å². The average molecular weight is 287 g/mol. The number of hydrogen-bond acceptors (Lipinski definition) is 1. The van der Waals surface area contributed by atoms with Crippen LogP contribution in [-0.4, -0.2) is 5.78 Å². The van der Waals surface area contributed by atoms with E-state index >= 15 is 0 Å². The number of carbonyl (C=O) groups is 1. The summed E-state index contributed by atoms with van der Waals surface area (Å²) >= 11 is 3.07. The van der Waals surface area contributed by atoms with Crippen molar-refractivity contribution in [3.63, 3.8) is 0 Å². The molecule has 0 N–H and O–H groups in total. The van der Waals surface area contributed by atoms with E-state index in [2.05, 4.69) is 29.8 Å². The first kappa shape index (κ1) is 13.4. The van der Waals surface area contributed by atoms with Gasteiger partial charge >= 0.3 is 0 Å². The molecule has 0 spiro atoms. The zero-order valence-electron chi connectivity index (χ0n) is 9.59. The molecule has 1 rings (SSSR count). The lowest BCUT2D eigenvalue weighted by Crippen LogP contribution is -2.06. The van der Waals surface area contributed by atoms with Crippen LogP contribution >= 0.6 is 15.9 Å². The fourth-order valence-corrected chi connectivity index (χ4v) is 1.95. The number of halogens is 2. The molecule has 3 heteroatoms. The first-order valence-corrected chi connectivity index (χ1v) is 6.32. The monoisotopic (exact) mass is 286 g/mol. The molecule has 0 saturated carbocycles. The number of hydrogen-bond donors (Lipinski definition) is 0. The highest BCUT2D eigenvalue weighted by Gasteiger charge is 2.12. The first-order chi connectivity index (χ1) is 7.54. The summed E-state index contributed by atoms with van der Waals surface area (Å²) in [6.45, 7) is 4.15. The van der Waals surface area contributed by atoms with Crippen molar-refractivity contribution in [1.82, 2.24) is 0 Å². The largest absolute Gasteiger partial charge is 0.294 e. The second-order valence-electron chi connectivity index (χ2n) is 4.15. The third-order valence-electron chi connectivity index (χ3n) is 2.56. The maximum Gasteiger partial charge on any atom is 0.163 e. The maximum atomic E-state index is 13.2. The minimum atomic E-state index is -0.381. The predicted molar refractivity (Wildman–Crippen MR) is 67.1 cm³/mol. The molecule has 1 nitrogen and oxygen atoms in total. The summed E-state index contributed by atoms with van der Waals surface area (Å²) in [6.07, 6.45) is 2.60. The molecule has 0 radical (unpaired) electrons. The number of benzene rings is 1. The second-order valence-corrected chi connectivity index (χ2v) is 5.00. The summed E-state index contributed by atoms with van der Waals surface area (Å²) in [6, 6.07) is 4.53. The Labute approximate surface area is 104 Å². The van der Waals surface area contributed by atoms with Gasteiger partial charge in [-0.1, -0.05) is 32.8 Å². The Hall–Kier alpha value is -0.700. The molecule has 0 fully saturated rings. The third kappa shape index (κ3) is 3.71. The van der Waals surface area contributed by atoms with Gasteiger partial charge in [0, 0.05) is 12.0 Å². The molecule has 1 unspecified atom stereocenters. The Kier molecular flexibility index (Phi) is 5.13. The molecular weight excluding hydrogens is 271 g/mol. The minimum Gasteiger partial charge on any atom is -0.294 e. The normalized spacial score (nSPS) is 12.5. The topological polar surface area (TPSA) is 17.1 Å². The summed E-state index contributed by atoms with van der Waals surface area (Å²) in [5.74, 6) is 0.00514. The van der Waals surface area contributed by atoms with E-state index in [0.717, 1.165) is 12.8 Å². The van der Waals surface area contributed by atoms with E-state index in [1.165, 1.54) is 6.07 Å². The smallest absolute Gasteiger partial charge is 0.163 e. The van der Waals surface area contributed by atoms with Gasteiger partial charge in [-0.25, -0.2) is 4.39 Å². The van der Waals surface area contributed by atoms with Gasteiger partial charge in [-0.2, -0.15) is 0 Å². The summed E-state index contributed by atoms with van der Waals surface area (Å²) in [4.78, 5) is 11.8. The van der Waals surface area contributed by atoms with Crippen LogP contribution in [0.2, 0.25) is 0 Å². The van der Waals surface area contributed by atoms with Crippen molar-refractivity contribution >= 4 is 21.7 Å². The Bertz CT molecular complexity index is 376. The molecule has 1 aromatic rings. The van der Waals surface area contributed by atoms with Gasteiger partial charge in [0.2, 0.25) is 0 Å². The van der Waals surface area contributed by atoms with E-state index in [1.54, 1.807) is 12.1 Å². The third-order valence-corrected chi connectivity index (χ3v) is 3.20. The maximum absolute atomic E-state index is 13.2. The van der Waals surface area contributed by atoms with Gasteiger partial charge in [-0.05, 0) is 34.0 Å². The fraction of sp³-hybridized carbons (Fsp3) is 0.462. The van der Waals surface area contributed by atoms with Crippen molar-refractivity contribution in [2.45, 2.75) is 33.1 Å². The Morgan fingerprint density at radius 2 is 2.19 bits per heavy atom. The molecule has 0 aliphatic heterocycles. The Morgan fingerprint density at radius 1 is 1.50 bits per heavy atom. The molecule has 0 aliphatic rings. The van der Waals surface area contributed by atoms with Crippen molar-refractivity contribution in [1.29, 1.82) is 0 Å². The molecule has 0 heterocycles. The molecule has 16 heavy (non-hydrogen) atoms. The van der Waals surface area contributed by atoms with Gasteiger partial charge in [0.25, 0.3) is 0 Å². The van der Waals surface area contributed by atoms with E-state index in [-0.39, 0.29) is 11.6 Å². The molecule has 0 aliphatic carbocycles. The van der Waals surface area contributed by atoms with Gasteiger partial charge < -0.3 is 0 Å². The van der Waals surface area contributed by atoms with Crippen LogP contribution < -0.4 is 0 Å². The highest BCUT2D eigenvalue weighted by molar-refractivity contribution is 9.10. The predicted octanol–water partition coefficient (Wildman–Crippen LogP) is 4.60. The van der Waals surface area contributed by atoms with Crippen LogP contribution in [-0.2, 0) is 0 Å². The lowest BCUT2D eigenvalue weighted by atomic mass is 9.96. The highest BCUT2D eigenvalue weighted by atomic mass is 79.9. The SMILES string of the molecule is CCCC(C)CC(=O)c1ccc(Br)c(F)c1. The Balaban J connectivity index is 2.69. The molecule has 88 valence electrons. The van der Waals surface area contributed by atoms with Crippen LogP contribution in [0.15, 0.2) is 22.7 Å². The van der Waals surface area contributed by atoms with Crippen LogP contribution in [0.1, 0.15) is 43.5 Å². The van der Waals surface area contributed by atoms with Crippen molar-refractivity contribution in [3.05, 3.63) is 34.1 Å². The minimum absolute atomic E-state index is 0.0207. The molecule has 0 amide bonds. The molecular formula is C13H16BrFO. The second kappa shape index (κ2) is 6.14. The van der Waals surface area contributed by atoms with Gasteiger partial charge in [0.1, 0.15) is 5.82 Å². The molecule has 0 aromatic heterocycles. The van der Waals surface area contributed by atoms with Crippen molar-refractivity contribution in [3.8, 4) is 0 Å². The number of Topliss-reactive ketones (excluding diaryl/α,β-unsaturated/α-hetero) is 1. The zero-order valence-corrected chi connectivity index (χ0v) is 11.2. The van der Waals surface area contributed by atoms with Crippen LogP contribution in [0.3, 0.4) is 0 Å². The molecule has 1 atom stereocenters. The quantitative estimate of drug-likeness (QED) is 0.723.